The Morgan fingerprint density at radius 2 is 1.93 bits per heavy atom. The van der Waals surface area contributed by atoms with Gasteiger partial charge in [-0.15, -0.1) is 0 Å². The number of para-hydroxylation sites is 1. The number of nitrogens with one attached hydrogen (secondary N) is 2. The van der Waals surface area contributed by atoms with E-state index in [1.807, 2.05) is 43.3 Å². The standard InChI is InChI=1S/C23H26N2O4/c1-15-7-6-8-16(13-15)22(26)29-23(14-20(27-2)28-3)21-18(11-12-24-23)17-9-4-5-10-19(17)25-21/h4-10,13,20,24-25H,11-12,14H2,1-3H3. The third-order valence-corrected chi connectivity index (χ3v) is 5.50. The fraction of sp³-hybridized carbons (Fsp3) is 0.348. The second-order valence-corrected chi connectivity index (χ2v) is 7.39. The molecule has 4 rings (SSSR count). The predicted octanol–water partition coefficient (Wildman–Crippen LogP) is 3.64. The molecule has 2 N–H and O–H groups in total. The molecule has 152 valence electrons. The largest absolute Gasteiger partial charge is 0.434 e. The first-order valence-electron chi connectivity index (χ1n) is 9.77. The van der Waals surface area contributed by atoms with Crippen molar-refractivity contribution in [2.75, 3.05) is 20.8 Å². The lowest BCUT2D eigenvalue weighted by molar-refractivity contribution is -0.158. The Morgan fingerprint density at radius 1 is 1.14 bits per heavy atom. The molecule has 6 heteroatoms. The first-order chi connectivity index (χ1) is 14.1. The minimum absolute atomic E-state index is 0.317. The molecule has 6 nitrogen and oxygen atoms in total. The third kappa shape index (κ3) is 3.67. The lowest BCUT2D eigenvalue weighted by atomic mass is 9.93. The van der Waals surface area contributed by atoms with E-state index < -0.39 is 18.0 Å². The van der Waals surface area contributed by atoms with E-state index in [1.165, 1.54) is 0 Å². The maximum Gasteiger partial charge on any atom is 0.340 e. The molecule has 0 amide bonds. The van der Waals surface area contributed by atoms with Gasteiger partial charge in [-0.1, -0.05) is 35.9 Å². The van der Waals surface area contributed by atoms with Crippen molar-refractivity contribution in [1.29, 1.82) is 0 Å². The summed E-state index contributed by atoms with van der Waals surface area (Å²) in [7, 11) is 3.17. The number of fused-ring (bicyclic) bond motifs is 3. The number of hydrogen-bond acceptors (Lipinski definition) is 5. The van der Waals surface area contributed by atoms with Gasteiger partial charge in [-0.2, -0.15) is 0 Å². The molecule has 2 heterocycles. The number of benzene rings is 2. The van der Waals surface area contributed by atoms with Gasteiger partial charge in [0.05, 0.1) is 17.7 Å². The summed E-state index contributed by atoms with van der Waals surface area (Å²) in [6, 6.07) is 15.5. The van der Waals surface area contributed by atoms with Gasteiger partial charge in [-0.3, -0.25) is 5.32 Å². The molecule has 0 saturated carbocycles. The van der Waals surface area contributed by atoms with Gasteiger partial charge in [0.2, 0.25) is 5.72 Å². The monoisotopic (exact) mass is 394 g/mol. The SMILES string of the molecule is COC(CC1(OC(=O)c2cccc(C)c2)NCCc2c1[nH]c1ccccc21)OC. The van der Waals surface area contributed by atoms with E-state index in [0.717, 1.165) is 34.1 Å². The average molecular weight is 394 g/mol. The normalized spacial score (nSPS) is 18.8. The van der Waals surface area contributed by atoms with E-state index in [2.05, 4.69) is 16.4 Å². The highest BCUT2D eigenvalue weighted by Gasteiger charge is 2.44. The van der Waals surface area contributed by atoms with E-state index in [9.17, 15) is 4.79 Å². The van der Waals surface area contributed by atoms with Crippen LogP contribution in [0.1, 0.15) is 33.6 Å². The Hall–Kier alpha value is -2.67. The quantitative estimate of drug-likeness (QED) is 0.493. The maximum absolute atomic E-state index is 13.1. The van der Waals surface area contributed by atoms with Crippen molar-refractivity contribution >= 4 is 16.9 Å². The number of ether oxygens (including phenoxy) is 3. The highest BCUT2D eigenvalue weighted by Crippen LogP contribution is 2.38. The maximum atomic E-state index is 13.1. The minimum Gasteiger partial charge on any atom is -0.434 e. The van der Waals surface area contributed by atoms with Crippen LogP contribution in [0.3, 0.4) is 0 Å². The van der Waals surface area contributed by atoms with Crippen molar-refractivity contribution in [2.24, 2.45) is 0 Å². The van der Waals surface area contributed by atoms with Crippen LogP contribution in [0.5, 0.6) is 0 Å². The van der Waals surface area contributed by atoms with Crippen LogP contribution in [0, 0.1) is 6.92 Å². The Labute approximate surface area is 170 Å². The number of aryl methyl sites for hydroxylation is 1. The van der Waals surface area contributed by atoms with Gasteiger partial charge in [0.1, 0.15) is 0 Å². The first-order valence-corrected chi connectivity index (χ1v) is 9.77. The van der Waals surface area contributed by atoms with Crippen LogP contribution in [-0.4, -0.2) is 38.0 Å². The zero-order chi connectivity index (χ0) is 20.4. The molecule has 0 saturated heterocycles. The molecule has 0 aliphatic carbocycles. The summed E-state index contributed by atoms with van der Waals surface area (Å²) in [6.07, 6.45) is 0.621. The van der Waals surface area contributed by atoms with E-state index in [0.29, 0.717) is 18.5 Å². The fourth-order valence-corrected chi connectivity index (χ4v) is 4.07. The summed E-state index contributed by atoms with van der Waals surface area (Å²) in [5.41, 5.74) is 3.46. The second-order valence-electron chi connectivity index (χ2n) is 7.39. The molecular weight excluding hydrogens is 368 g/mol. The number of carbonyl (C=O) groups excluding carboxylic acids is 1. The highest BCUT2D eigenvalue weighted by atomic mass is 16.7. The number of rotatable bonds is 6. The molecule has 1 unspecified atom stereocenters. The summed E-state index contributed by atoms with van der Waals surface area (Å²) < 4.78 is 17.1. The summed E-state index contributed by atoms with van der Waals surface area (Å²) in [6.45, 7) is 2.63. The van der Waals surface area contributed by atoms with Crippen LogP contribution < -0.4 is 5.32 Å². The summed E-state index contributed by atoms with van der Waals surface area (Å²) >= 11 is 0. The van der Waals surface area contributed by atoms with Crippen molar-refractivity contribution < 1.29 is 19.0 Å². The smallest absolute Gasteiger partial charge is 0.340 e. The van der Waals surface area contributed by atoms with Crippen LogP contribution in [0.25, 0.3) is 10.9 Å². The summed E-state index contributed by atoms with van der Waals surface area (Å²) in [4.78, 5) is 16.6. The zero-order valence-corrected chi connectivity index (χ0v) is 17.0. The number of H-pyrrole nitrogens is 1. The van der Waals surface area contributed by atoms with Crippen LogP contribution in [-0.2, 0) is 26.4 Å². The molecule has 0 radical (unpaired) electrons. The van der Waals surface area contributed by atoms with Crippen LogP contribution in [0.2, 0.25) is 0 Å². The van der Waals surface area contributed by atoms with Crippen molar-refractivity contribution in [3.8, 4) is 0 Å². The molecule has 1 aliphatic heterocycles. The van der Waals surface area contributed by atoms with Crippen LogP contribution in [0.4, 0.5) is 0 Å². The van der Waals surface area contributed by atoms with Gasteiger partial charge >= 0.3 is 5.97 Å². The molecule has 1 aromatic heterocycles. The summed E-state index contributed by atoms with van der Waals surface area (Å²) in [5.74, 6) is -0.390. The molecule has 0 fully saturated rings. The van der Waals surface area contributed by atoms with Gasteiger partial charge in [0, 0.05) is 31.7 Å². The van der Waals surface area contributed by atoms with Gasteiger partial charge in [-0.25, -0.2) is 4.79 Å². The lowest BCUT2D eigenvalue weighted by Gasteiger charge is -2.39. The van der Waals surface area contributed by atoms with Crippen molar-refractivity contribution in [3.63, 3.8) is 0 Å². The molecule has 0 spiro atoms. The van der Waals surface area contributed by atoms with Crippen molar-refractivity contribution in [2.45, 2.75) is 31.8 Å². The van der Waals surface area contributed by atoms with Gasteiger partial charge in [0.25, 0.3) is 0 Å². The van der Waals surface area contributed by atoms with E-state index in [1.54, 1.807) is 20.3 Å². The fourth-order valence-electron chi connectivity index (χ4n) is 4.07. The second kappa shape index (κ2) is 7.99. The molecular formula is C23H26N2O4. The summed E-state index contributed by atoms with van der Waals surface area (Å²) in [5, 5.41) is 4.57. The van der Waals surface area contributed by atoms with E-state index in [4.69, 9.17) is 14.2 Å². The van der Waals surface area contributed by atoms with E-state index in [-0.39, 0.29) is 0 Å². The molecule has 2 aromatic carbocycles. The predicted molar refractivity (Wildman–Crippen MR) is 111 cm³/mol. The molecule has 1 aliphatic rings. The number of esters is 1. The number of hydrogen-bond donors (Lipinski definition) is 2. The van der Waals surface area contributed by atoms with Crippen LogP contribution >= 0.6 is 0 Å². The van der Waals surface area contributed by atoms with Crippen molar-refractivity contribution in [1.82, 2.24) is 10.3 Å². The molecule has 3 aromatic rings. The Kier molecular flexibility index (Phi) is 5.41. The molecule has 29 heavy (non-hydrogen) atoms. The number of aromatic nitrogens is 1. The Bertz CT molecular complexity index is 1020. The van der Waals surface area contributed by atoms with Gasteiger partial charge in [-0.05, 0) is 37.1 Å². The Morgan fingerprint density at radius 3 is 2.69 bits per heavy atom. The van der Waals surface area contributed by atoms with Gasteiger partial charge in [0.15, 0.2) is 6.29 Å². The topological polar surface area (TPSA) is 72.6 Å². The average Bonchev–Trinajstić information content (AvgIpc) is 3.12. The number of carbonyl (C=O) groups is 1. The number of aromatic amines is 1. The molecule has 1 atom stereocenters. The van der Waals surface area contributed by atoms with E-state index >= 15 is 0 Å². The van der Waals surface area contributed by atoms with Crippen LogP contribution in [0.15, 0.2) is 48.5 Å². The third-order valence-electron chi connectivity index (χ3n) is 5.50. The Balaban J connectivity index is 1.79. The van der Waals surface area contributed by atoms with Gasteiger partial charge < -0.3 is 19.2 Å². The zero-order valence-electron chi connectivity index (χ0n) is 17.0. The minimum atomic E-state index is -1.08. The first kappa shape index (κ1) is 19.6. The van der Waals surface area contributed by atoms with Crippen molar-refractivity contribution in [3.05, 3.63) is 70.9 Å². The molecule has 0 bridgehead atoms. The highest BCUT2D eigenvalue weighted by molar-refractivity contribution is 5.90. The lowest BCUT2D eigenvalue weighted by Crippen LogP contribution is -2.52. The number of methoxy groups -OCH3 is 2.